The minimum atomic E-state index is -0.562. The molecule has 4 nitrogen and oxygen atoms in total. The highest BCUT2D eigenvalue weighted by molar-refractivity contribution is 6.36. The van der Waals surface area contributed by atoms with Crippen LogP contribution in [0.1, 0.15) is 22.8 Å². The molecule has 2 aromatic rings. The first-order chi connectivity index (χ1) is 11.9. The lowest BCUT2D eigenvalue weighted by Gasteiger charge is -2.39. The van der Waals surface area contributed by atoms with Crippen molar-refractivity contribution in [3.05, 3.63) is 63.6 Å². The molecule has 25 heavy (non-hydrogen) atoms. The summed E-state index contributed by atoms with van der Waals surface area (Å²) >= 11 is 12.0. The number of halogens is 2. The topological polar surface area (TPSA) is 40.6 Å². The number of anilines is 1. The molecule has 3 rings (SSSR count). The molecular weight excluding hydrogens is 359 g/mol. The van der Waals surface area contributed by atoms with Gasteiger partial charge in [0, 0.05) is 23.8 Å². The predicted octanol–water partition coefficient (Wildman–Crippen LogP) is 4.18. The Bertz CT molecular complexity index is 838. The minimum absolute atomic E-state index is 0.0982. The van der Waals surface area contributed by atoms with Gasteiger partial charge < -0.3 is 9.80 Å². The van der Waals surface area contributed by atoms with Crippen molar-refractivity contribution in [1.82, 2.24) is 4.90 Å². The number of carbonyl (C=O) groups excluding carboxylic acids is 2. The predicted molar refractivity (Wildman–Crippen MR) is 100 cm³/mol. The van der Waals surface area contributed by atoms with E-state index >= 15 is 0 Å². The Kier molecular flexibility index (Phi) is 5.02. The molecule has 1 aliphatic heterocycles. The lowest BCUT2D eigenvalue weighted by atomic mass is 10.1. The van der Waals surface area contributed by atoms with Crippen molar-refractivity contribution in [1.29, 1.82) is 0 Å². The van der Waals surface area contributed by atoms with Crippen LogP contribution in [0.4, 0.5) is 5.69 Å². The number of hydrogen-bond acceptors (Lipinski definition) is 2. The first-order valence-electron chi connectivity index (χ1n) is 8.03. The number of carbonyl (C=O) groups is 2. The van der Waals surface area contributed by atoms with Gasteiger partial charge in [-0.1, -0.05) is 41.4 Å². The minimum Gasteiger partial charge on any atom is -0.325 e. The van der Waals surface area contributed by atoms with Crippen LogP contribution in [0.15, 0.2) is 42.5 Å². The number of hydrogen-bond donors (Lipinski definition) is 0. The quantitative estimate of drug-likeness (QED) is 0.788. The van der Waals surface area contributed by atoms with Crippen molar-refractivity contribution in [3.63, 3.8) is 0 Å². The van der Waals surface area contributed by atoms with Gasteiger partial charge in [-0.25, -0.2) is 0 Å². The second kappa shape index (κ2) is 7.06. The van der Waals surface area contributed by atoms with Crippen LogP contribution in [0, 0.1) is 6.92 Å². The van der Waals surface area contributed by atoms with Gasteiger partial charge in [0.15, 0.2) is 0 Å². The van der Waals surface area contributed by atoms with Gasteiger partial charge in [0.25, 0.3) is 5.91 Å². The molecule has 0 aromatic heterocycles. The van der Waals surface area contributed by atoms with Crippen LogP contribution in [-0.4, -0.2) is 35.8 Å². The Balaban J connectivity index is 1.84. The highest BCUT2D eigenvalue weighted by atomic mass is 35.5. The standard InChI is InChI=1S/C19H18Cl2N2O2/c1-12-5-3-4-6-17(12)23-10-9-22(13(2)18(23)24)19(25)15-8-7-14(20)11-16(15)21/h3-8,11,13H,9-10H2,1-2H3/t13-/m1/s1. The summed E-state index contributed by atoms with van der Waals surface area (Å²) in [5, 5.41) is 0.758. The molecule has 6 heteroatoms. The van der Waals surface area contributed by atoms with Crippen LogP contribution in [-0.2, 0) is 4.79 Å². The molecule has 0 bridgehead atoms. The van der Waals surface area contributed by atoms with Crippen molar-refractivity contribution in [2.75, 3.05) is 18.0 Å². The van der Waals surface area contributed by atoms with E-state index in [1.54, 1.807) is 28.9 Å². The van der Waals surface area contributed by atoms with Crippen molar-refractivity contribution >= 4 is 40.7 Å². The van der Waals surface area contributed by atoms with Gasteiger partial charge in [0.1, 0.15) is 6.04 Å². The molecule has 0 N–H and O–H groups in total. The molecular formula is C19H18Cl2N2O2. The summed E-state index contributed by atoms with van der Waals surface area (Å²) in [5.41, 5.74) is 2.27. The van der Waals surface area contributed by atoms with E-state index in [1.165, 1.54) is 6.07 Å². The van der Waals surface area contributed by atoms with E-state index in [1.807, 2.05) is 31.2 Å². The van der Waals surface area contributed by atoms with E-state index in [9.17, 15) is 9.59 Å². The summed E-state index contributed by atoms with van der Waals surface area (Å²) in [4.78, 5) is 29.0. The first-order valence-corrected chi connectivity index (χ1v) is 8.79. The number of para-hydroxylation sites is 1. The van der Waals surface area contributed by atoms with Crippen LogP contribution < -0.4 is 4.90 Å². The number of nitrogens with zero attached hydrogens (tertiary/aromatic N) is 2. The Labute approximate surface area is 156 Å². The smallest absolute Gasteiger partial charge is 0.256 e. The molecule has 130 valence electrons. The van der Waals surface area contributed by atoms with Gasteiger partial charge in [-0.2, -0.15) is 0 Å². The molecule has 2 amide bonds. The average Bonchev–Trinajstić information content (AvgIpc) is 2.57. The zero-order valence-corrected chi connectivity index (χ0v) is 15.5. The van der Waals surface area contributed by atoms with Gasteiger partial charge in [-0.05, 0) is 43.7 Å². The van der Waals surface area contributed by atoms with Gasteiger partial charge >= 0.3 is 0 Å². The number of rotatable bonds is 2. The highest BCUT2D eigenvalue weighted by Crippen LogP contribution is 2.27. The Hall–Kier alpha value is -2.04. The van der Waals surface area contributed by atoms with Crippen LogP contribution in [0.25, 0.3) is 0 Å². The fourth-order valence-electron chi connectivity index (χ4n) is 3.07. The van der Waals surface area contributed by atoms with Crippen LogP contribution in [0.2, 0.25) is 10.0 Å². The summed E-state index contributed by atoms with van der Waals surface area (Å²) in [6, 6.07) is 11.9. The number of aryl methyl sites for hydroxylation is 1. The number of amides is 2. The zero-order valence-electron chi connectivity index (χ0n) is 14.0. The van der Waals surface area contributed by atoms with Gasteiger partial charge in [-0.3, -0.25) is 9.59 Å². The summed E-state index contributed by atoms with van der Waals surface area (Å²) in [6.45, 7) is 4.61. The summed E-state index contributed by atoms with van der Waals surface area (Å²) in [6.07, 6.45) is 0. The third kappa shape index (κ3) is 3.37. The van der Waals surface area contributed by atoms with Gasteiger partial charge in [0.05, 0.1) is 10.6 Å². The van der Waals surface area contributed by atoms with E-state index in [-0.39, 0.29) is 11.8 Å². The van der Waals surface area contributed by atoms with Crippen molar-refractivity contribution in [3.8, 4) is 0 Å². The number of benzene rings is 2. The van der Waals surface area contributed by atoms with E-state index in [0.717, 1.165) is 11.3 Å². The third-order valence-corrected chi connectivity index (χ3v) is 5.03. The SMILES string of the molecule is Cc1ccccc1N1CCN(C(=O)c2ccc(Cl)cc2Cl)[C@H](C)C1=O. The molecule has 1 saturated heterocycles. The van der Waals surface area contributed by atoms with E-state index in [4.69, 9.17) is 23.2 Å². The summed E-state index contributed by atoms with van der Waals surface area (Å²) < 4.78 is 0. The maximum Gasteiger partial charge on any atom is 0.256 e. The highest BCUT2D eigenvalue weighted by Gasteiger charge is 2.36. The van der Waals surface area contributed by atoms with Crippen molar-refractivity contribution in [2.45, 2.75) is 19.9 Å². The molecule has 0 unspecified atom stereocenters. The fraction of sp³-hybridized carbons (Fsp3) is 0.263. The molecule has 0 saturated carbocycles. The fourth-order valence-corrected chi connectivity index (χ4v) is 3.56. The normalized spacial score (nSPS) is 17.8. The molecule has 0 aliphatic carbocycles. The van der Waals surface area contributed by atoms with Gasteiger partial charge in [0.2, 0.25) is 5.91 Å². The lowest BCUT2D eigenvalue weighted by molar-refractivity contribution is -0.124. The largest absolute Gasteiger partial charge is 0.325 e. The molecule has 1 aliphatic rings. The van der Waals surface area contributed by atoms with Crippen molar-refractivity contribution < 1.29 is 9.59 Å². The summed E-state index contributed by atoms with van der Waals surface area (Å²) in [7, 11) is 0. The van der Waals surface area contributed by atoms with Crippen LogP contribution >= 0.6 is 23.2 Å². The van der Waals surface area contributed by atoms with E-state index in [0.29, 0.717) is 28.7 Å². The molecule has 1 fully saturated rings. The van der Waals surface area contributed by atoms with Crippen LogP contribution in [0.3, 0.4) is 0 Å². The first kappa shape index (κ1) is 17.8. The third-order valence-electron chi connectivity index (χ3n) is 4.48. The molecule has 1 atom stereocenters. The zero-order chi connectivity index (χ0) is 18.1. The molecule has 1 heterocycles. The monoisotopic (exact) mass is 376 g/mol. The second-order valence-electron chi connectivity index (χ2n) is 6.08. The Morgan fingerprint density at radius 3 is 2.52 bits per heavy atom. The van der Waals surface area contributed by atoms with Crippen molar-refractivity contribution in [2.24, 2.45) is 0 Å². The molecule has 0 radical (unpaired) electrons. The lowest BCUT2D eigenvalue weighted by Crippen LogP contribution is -2.58. The molecule has 0 spiro atoms. The molecule has 2 aromatic carbocycles. The van der Waals surface area contributed by atoms with Crippen LogP contribution in [0.5, 0.6) is 0 Å². The maximum absolute atomic E-state index is 12.8. The number of piperazine rings is 1. The average molecular weight is 377 g/mol. The Morgan fingerprint density at radius 1 is 1.12 bits per heavy atom. The second-order valence-corrected chi connectivity index (χ2v) is 6.92. The maximum atomic E-state index is 12.8. The Morgan fingerprint density at radius 2 is 1.84 bits per heavy atom. The van der Waals surface area contributed by atoms with E-state index < -0.39 is 6.04 Å². The van der Waals surface area contributed by atoms with Gasteiger partial charge in [-0.15, -0.1) is 0 Å². The van der Waals surface area contributed by atoms with E-state index in [2.05, 4.69) is 0 Å². The summed E-state index contributed by atoms with van der Waals surface area (Å²) in [5.74, 6) is -0.356.